The molecule has 0 saturated heterocycles. The van der Waals surface area contributed by atoms with Crippen LogP contribution in [0.4, 0.5) is 11.4 Å². The van der Waals surface area contributed by atoms with Crippen molar-refractivity contribution < 1.29 is 19.9 Å². The molecule has 0 heterocycles. The van der Waals surface area contributed by atoms with E-state index in [1.54, 1.807) is 6.92 Å². The standard InChI is InChI=1S/C13H18N2O5/c1-3-7-13(2,18)8-14-10-6-4-5-9(12(16)17)11(10)15(19)20/h4-6,14,18H,3,7-8H2,1-2H3,(H,16,17). The minimum absolute atomic E-state index is 0.0891. The van der Waals surface area contributed by atoms with Gasteiger partial charge in [-0.15, -0.1) is 0 Å². The van der Waals surface area contributed by atoms with Gasteiger partial charge in [0.2, 0.25) is 0 Å². The molecule has 0 saturated carbocycles. The van der Waals surface area contributed by atoms with Crippen LogP contribution in [0.1, 0.15) is 37.0 Å². The second-order valence-corrected chi connectivity index (χ2v) is 4.86. The first-order chi connectivity index (χ1) is 9.28. The van der Waals surface area contributed by atoms with Gasteiger partial charge in [0.25, 0.3) is 0 Å². The van der Waals surface area contributed by atoms with Crippen molar-refractivity contribution in [3.8, 4) is 0 Å². The van der Waals surface area contributed by atoms with Crippen LogP contribution in [0.5, 0.6) is 0 Å². The summed E-state index contributed by atoms with van der Waals surface area (Å²) in [5.41, 5.74) is -1.80. The van der Waals surface area contributed by atoms with E-state index < -0.39 is 22.2 Å². The highest BCUT2D eigenvalue weighted by Gasteiger charge is 2.26. The van der Waals surface area contributed by atoms with Crippen molar-refractivity contribution >= 4 is 17.3 Å². The summed E-state index contributed by atoms with van der Waals surface area (Å²) < 4.78 is 0. The van der Waals surface area contributed by atoms with Crippen molar-refractivity contribution in [3.05, 3.63) is 33.9 Å². The Balaban J connectivity index is 3.04. The number of carbonyl (C=O) groups is 1. The lowest BCUT2D eigenvalue weighted by Gasteiger charge is -2.23. The van der Waals surface area contributed by atoms with Crippen molar-refractivity contribution in [2.24, 2.45) is 0 Å². The molecule has 0 aliphatic rings. The van der Waals surface area contributed by atoms with Gasteiger partial charge in [0, 0.05) is 6.54 Å². The molecule has 1 rings (SSSR count). The SMILES string of the molecule is CCCC(C)(O)CNc1cccc(C(=O)O)c1[N+](=O)[O-]. The number of hydrogen-bond acceptors (Lipinski definition) is 5. The number of aliphatic hydroxyl groups is 1. The van der Waals surface area contributed by atoms with E-state index in [4.69, 9.17) is 5.11 Å². The van der Waals surface area contributed by atoms with E-state index in [2.05, 4.69) is 5.32 Å². The van der Waals surface area contributed by atoms with Crippen molar-refractivity contribution in [3.63, 3.8) is 0 Å². The van der Waals surface area contributed by atoms with Gasteiger partial charge in [-0.1, -0.05) is 19.4 Å². The number of benzene rings is 1. The molecule has 110 valence electrons. The predicted octanol–water partition coefficient (Wildman–Crippen LogP) is 2.26. The molecule has 3 N–H and O–H groups in total. The third-order valence-corrected chi connectivity index (χ3v) is 2.90. The largest absolute Gasteiger partial charge is 0.477 e. The molecule has 1 unspecified atom stereocenters. The van der Waals surface area contributed by atoms with Crippen LogP contribution in [0.25, 0.3) is 0 Å². The Bertz CT molecular complexity index is 513. The summed E-state index contributed by atoms with van der Waals surface area (Å²) in [6, 6.07) is 4.02. The van der Waals surface area contributed by atoms with E-state index in [1.807, 2.05) is 6.92 Å². The van der Waals surface area contributed by atoms with E-state index in [0.29, 0.717) is 6.42 Å². The van der Waals surface area contributed by atoms with E-state index in [9.17, 15) is 20.0 Å². The Kier molecular flexibility index (Phi) is 5.04. The van der Waals surface area contributed by atoms with Gasteiger partial charge >= 0.3 is 11.7 Å². The average molecular weight is 282 g/mol. The van der Waals surface area contributed by atoms with E-state index >= 15 is 0 Å². The zero-order valence-electron chi connectivity index (χ0n) is 11.4. The number of nitro benzene ring substituents is 1. The number of nitrogens with one attached hydrogen (secondary N) is 1. The van der Waals surface area contributed by atoms with Gasteiger partial charge in [-0.2, -0.15) is 0 Å². The van der Waals surface area contributed by atoms with E-state index in [0.717, 1.165) is 6.42 Å². The van der Waals surface area contributed by atoms with Crippen LogP contribution >= 0.6 is 0 Å². The van der Waals surface area contributed by atoms with E-state index in [1.165, 1.54) is 18.2 Å². The van der Waals surface area contributed by atoms with Gasteiger partial charge in [-0.25, -0.2) is 4.79 Å². The highest BCUT2D eigenvalue weighted by Crippen LogP contribution is 2.29. The number of hydrogen-bond donors (Lipinski definition) is 3. The molecule has 0 fully saturated rings. The molecule has 0 spiro atoms. The van der Waals surface area contributed by atoms with Crippen molar-refractivity contribution in [2.75, 3.05) is 11.9 Å². The van der Waals surface area contributed by atoms with Gasteiger partial charge in [0.15, 0.2) is 0 Å². The highest BCUT2D eigenvalue weighted by molar-refractivity contribution is 5.95. The first-order valence-corrected chi connectivity index (χ1v) is 6.25. The smallest absolute Gasteiger partial charge is 0.342 e. The molecule has 1 aromatic carbocycles. The second-order valence-electron chi connectivity index (χ2n) is 4.86. The number of rotatable bonds is 7. The maximum absolute atomic E-state index is 11.0. The summed E-state index contributed by atoms with van der Waals surface area (Å²) in [6.07, 6.45) is 1.30. The first kappa shape index (κ1) is 15.9. The lowest BCUT2D eigenvalue weighted by molar-refractivity contribution is -0.384. The lowest BCUT2D eigenvalue weighted by Crippen LogP contribution is -2.33. The number of nitrogens with zero attached hydrogens (tertiary/aromatic N) is 1. The van der Waals surface area contributed by atoms with Crippen LogP contribution in [0.2, 0.25) is 0 Å². The minimum Gasteiger partial charge on any atom is -0.477 e. The Morgan fingerprint density at radius 3 is 2.65 bits per heavy atom. The Hall–Kier alpha value is -2.15. The highest BCUT2D eigenvalue weighted by atomic mass is 16.6. The molecule has 20 heavy (non-hydrogen) atoms. The van der Waals surface area contributed by atoms with Gasteiger partial charge in [-0.3, -0.25) is 10.1 Å². The van der Waals surface area contributed by atoms with Crippen molar-refractivity contribution in [1.82, 2.24) is 0 Å². The number of aromatic carboxylic acids is 1. The molecule has 7 heteroatoms. The van der Waals surface area contributed by atoms with Crippen molar-refractivity contribution in [2.45, 2.75) is 32.3 Å². The van der Waals surface area contributed by atoms with Crippen LogP contribution in [0.15, 0.2) is 18.2 Å². The Morgan fingerprint density at radius 1 is 1.50 bits per heavy atom. The molecule has 1 aromatic rings. The maximum Gasteiger partial charge on any atom is 0.342 e. The molecule has 0 aliphatic carbocycles. The lowest BCUT2D eigenvalue weighted by atomic mass is 10.0. The summed E-state index contributed by atoms with van der Waals surface area (Å²) in [5.74, 6) is -1.36. The van der Waals surface area contributed by atoms with Crippen LogP contribution in [-0.2, 0) is 0 Å². The molecule has 7 nitrogen and oxygen atoms in total. The summed E-state index contributed by atoms with van der Waals surface area (Å²) in [5, 5.41) is 32.8. The summed E-state index contributed by atoms with van der Waals surface area (Å²) >= 11 is 0. The van der Waals surface area contributed by atoms with Gasteiger partial charge in [0.05, 0.1) is 10.5 Å². The van der Waals surface area contributed by atoms with Crippen LogP contribution in [0.3, 0.4) is 0 Å². The molecule has 0 aliphatic heterocycles. The van der Waals surface area contributed by atoms with Crippen LogP contribution in [0, 0.1) is 10.1 Å². The monoisotopic (exact) mass is 282 g/mol. The Morgan fingerprint density at radius 2 is 2.15 bits per heavy atom. The number of anilines is 1. The topological polar surface area (TPSA) is 113 Å². The molecule has 0 bridgehead atoms. The van der Waals surface area contributed by atoms with Gasteiger partial charge in [0.1, 0.15) is 11.3 Å². The first-order valence-electron chi connectivity index (χ1n) is 6.25. The number of carboxylic acid groups (broad SMARTS) is 1. The fraction of sp³-hybridized carbons (Fsp3) is 0.462. The van der Waals surface area contributed by atoms with Crippen LogP contribution in [-0.4, -0.2) is 33.3 Å². The summed E-state index contributed by atoms with van der Waals surface area (Å²) in [6.45, 7) is 3.64. The normalized spacial score (nSPS) is 13.6. The number of para-hydroxylation sites is 1. The molecule has 0 aromatic heterocycles. The summed E-state index contributed by atoms with van der Waals surface area (Å²) in [7, 11) is 0. The third kappa shape index (κ3) is 3.92. The Labute approximate surface area is 116 Å². The van der Waals surface area contributed by atoms with E-state index in [-0.39, 0.29) is 17.8 Å². The molecule has 0 radical (unpaired) electrons. The molecular formula is C13H18N2O5. The average Bonchev–Trinajstić information content (AvgIpc) is 2.35. The minimum atomic E-state index is -1.36. The molecular weight excluding hydrogens is 264 g/mol. The maximum atomic E-state index is 11.0. The van der Waals surface area contributed by atoms with Gasteiger partial charge < -0.3 is 15.5 Å². The third-order valence-electron chi connectivity index (χ3n) is 2.90. The quantitative estimate of drug-likeness (QED) is 0.522. The molecule has 1 atom stereocenters. The van der Waals surface area contributed by atoms with Crippen molar-refractivity contribution in [1.29, 1.82) is 0 Å². The fourth-order valence-corrected chi connectivity index (χ4v) is 1.97. The number of nitro groups is 1. The number of carboxylic acids is 1. The fourth-order valence-electron chi connectivity index (χ4n) is 1.97. The van der Waals surface area contributed by atoms with Crippen LogP contribution < -0.4 is 5.32 Å². The second kappa shape index (κ2) is 6.33. The zero-order chi connectivity index (χ0) is 15.3. The summed E-state index contributed by atoms with van der Waals surface area (Å²) in [4.78, 5) is 21.3. The predicted molar refractivity (Wildman–Crippen MR) is 74.1 cm³/mol. The zero-order valence-corrected chi connectivity index (χ0v) is 11.4. The molecule has 0 amide bonds. The van der Waals surface area contributed by atoms with Gasteiger partial charge in [-0.05, 0) is 25.5 Å².